The van der Waals surface area contributed by atoms with Crippen molar-refractivity contribution in [2.75, 3.05) is 26.7 Å². The van der Waals surface area contributed by atoms with Crippen molar-refractivity contribution in [3.8, 4) is 0 Å². The molecule has 1 amide bonds. The molecule has 2 aliphatic rings. The van der Waals surface area contributed by atoms with Gasteiger partial charge in [-0.3, -0.25) is 24.8 Å². The SMILES string of the molecule is CCCCC1CN(C2c3ccc(Cl)cc3CCc3cc(Br)cnc32)CCN1C(=O)C(C)NC(CCc1ccccc1)C(=O)OC. The van der Waals surface area contributed by atoms with Gasteiger partial charge in [-0.1, -0.05) is 67.8 Å². The average Bonchev–Trinajstić information content (AvgIpc) is 3.21. The highest BCUT2D eigenvalue weighted by molar-refractivity contribution is 9.10. The van der Waals surface area contributed by atoms with Gasteiger partial charge in [0.15, 0.2) is 0 Å². The number of piperazine rings is 1. The maximum atomic E-state index is 14.1. The molecule has 1 aromatic heterocycles. The van der Waals surface area contributed by atoms with Crippen LogP contribution in [-0.4, -0.2) is 71.5 Å². The van der Waals surface area contributed by atoms with E-state index in [1.165, 1.54) is 23.8 Å². The van der Waals surface area contributed by atoms with Crippen molar-refractivity contribution in [3.63, 3.8) is 0 Å². The molecule has 1 aliphatic carbocycles. The second-order valence-corrected chi connectivity index (χ2v) is 13.6. The fraction of sp³-hybridized carbons (Fsp3) is 0.472. The molecule has 3 aromatic rings. The van der Waals surface area contributed by atoms with E-state index in [-0.39, 0.29) is 24.0 Å². The number of rotatable bonds is 11. The maximum Gasteiger partial charge on any atom is 0.322 e. The van der Waals surface area contributed by atoms with Crippen molar-refractivity contribution in [1.29, 1.82) is 0 Å². The molecule has 0 saturated carbocycles. The molecule has 1 aliphatic heterocycles. The third-order valence-corrected chi connectivity index (χ3v) is 9.88. The number of benzene rings is 2. The molecule has 4 atom stereocenters. The zero-order chi connectivity index (χ0) is 31.9. The minimum atomic E-state index is -0.569. The highest BCUT2D eigenvalue weighted by Crippen LogP contribution is 2.39. The fourth-order valence-electron chi connectivity index (χ4n) is 6.86. The van der Waals surface area contributed by atoms with Crippen LogP contribution in [-0.2, 0) is 33.6 Å². The molecule has 0 radical (unpaired) electrons. The van der Waals surface area contributed by atoms with Crippen LogP contribution in [0.25, 0.3) is 0 Å². The number of halogens is 2. The van der Waals surface area contributed by atoms with Crippen molar-refractivity contribution in [2.45, 2.75) is 83.0 Å². The summed E-state index contributed by atoms with van der Waals surface area (Å²) in [5.74, 6) is -0.317. The quantitative estimate of drug-likeness (QED) is 0.230. The van der Waals surface area contributed by atoms with Crippen LogP contribution in [0.2, 0.25) is 5.02 Å². The molecule has 2 aromatic carbocycles. The number of carbonyl (C=O) groups excluding carboxylic acids is 2. The van der Waals surface area contributed by atoms with Crippen LogP contribution in [0, 0.1) is 0 Å². The van der Waals surface area contributed by atoms with Crippen LogP contribution in [0.4, 0.5) is 0 Å². The van der Waals surface area contributed by atoms with Crippen LogP contribution < -0.4 is 5.32 Å². The number of amides is 1. The van der Waals surface area contributed by atoms with E-state index in [1.54, 1.807) is 0 Å². The average molecular weight is 696 g/mol. The van der Waals surface area contributed by atoms with Crippen molar-refractivity contribution in [1.82, 2.24) is 20.1 Å². The summed E-state index contributed by atoms with van der Waals surface area (Å²) in [4.78, 5) is 36.3. The summed E-state index contributed by atoms with van der Waals surface area (Å²) >= 11 is 10.1. The molecule has 0 bridgehead atoms. The fourth-order valence-corrected chi connectivity index (χ4v) is 7.44. The third kappa shape index (κ3) is 8.15. The summed E-state index contributed by atoms with van der Waals surface area (Å²) in [7, 11) is 1.40. The summed E-state index contributed by atoms with van der Waals surface area (Å²) in [6, 6.07) is 17.4. The number of nitrogens with one attached hydrogen (secondary N) is 1. The van der Waals surface area contributed by atoms with E-state index in [9.17, 15) is 9.59 Å². The number of unbranched alkanes of at least 4 members (excludes halogenated alkanes) is 1. The Kier molecular flexibility index (Phi) is 11.7. The number of esters is 1. The molecule has 9 heteroatoms. The molecular formula is C36H44BrClN4O3. The van der Waals surface area contributed by atoms with Gasteiger partial charge in [-0.25, -0.2) is 0 Å². The number of carbonyl (C=O) groups is 2. The van der Waals surface area contributed by atoms with Crippen LogP contribution in [0.1, 0.15) is 73.5 Å². The van der Waals surface area contributed by atoms with Gasteiger partial charge in [-0.05, 0) is 95.4 Å². The topological polar surface area (TPSA) is 74.8 Å². The molecule has 7 nitrogen and oxygen atoms in total. The first-order chi connectivity index (χ1) is 21.8. The van der Waals surface area contributed by atoms with E-state index in [4.69, 9.17) is 21.3 Å². The molecule has 240 valence electrons. The zero-order valence-electron chi connectivity index (χ0n) is 26.5. The number of nitrogens with zero attached hydrogens (tertiary/aromatic N) is 3. The Morgan fingerprint density at radius 3 is 2.64 bits per heavy atom. The Balaban J connectivity index is 1.35. The Hall–Kier alpha value is -2.78. The van der Waals surface area contributed by atoms with Crippen LogP contribution in [0.5, 0.6) is 0 Å². The van der Waals surface area contributed by atoms with Gasteiger partial charge in [0.25, 0.3) is 0 Å². The summed E-state index contributed by atoms with van der Waals surface area (Å²) in [5, 5.41) is 4.07. The predicted octanol–water partition coefficient (Wildman–Crippen LogP) is 6.54. The molecule has 1 N–H and O–H groups in total. The van der Waals surface area contributed by atoms with Gasteiger partial charge in [-0.2, -0.15) is 0 Å². The van der Waals surface area contributed by atoms with E-state index in [0.717, 1.165) is 65.9 Å². The number of hydrogen-bond acceptors (Lipinski definition) is 6. The second kappa shape index (κ2) is 15.7. The van der Waals surface area contributed by atoms with E-state index < -0.39 is 12.1 Å². The largest absolute Gasteiger partial charge is 0.468 e. The summed E-state index contributed by atoms with van der Waals surface area (Å²) < 4.78 is 6.10. The number of ether oxygens (including phenoxy) is 1. The van der Waals surface area contributed by atoms with E-state index in [0.29, 0.717) is 19.4 Å². The summed E-state index contributed by atoms with van der Waals surface area (Å²) in [6.07, 6.45) is 7.97. The first kappa shape index (κ1) is 33.6. The normalized spacial score (nSPS) is 19.6. The molecule has 1 fully saturated rings. The third-order valence-electron chi connectivity index (χ3n) is 9.22. The predicted molar refractivity (Wildman–Crippen MR) is 182 cm³/mol. The highest BCUT2D eigenvalue weighted by atomic mass is 79.9. The Morgan fingerprint density at radius 2 is 1.89 bits per heavy atom. The molecule has 2 heterocycles. The summed E-state index contributed by atoms with van der Waals surface area (Å²) in [6.45, 7) is 6.13. The van der Waals surface area contributed by atoms with Crippen LogP contribution in [0.15, 0.2) is 65.3 Å². The molecule has 5 rings (SSSR count). The van der Waals surface area contributed by atoms with Gasteiger partial charge < -0.3 is 9.64 Å². The summed E-state index contributed by atoms with van der Waals surface area (Å²) in [5.41, 5.74) is 5.98. The Labute approximate surface area is 280 Å². The minimum absolute atomic E-state index is 0.0125. The lowest BCUT2D eigenvalue weighted by molar-refractivity contribution is -0.144. The number of pyridine rings is 1. The van der Waals surface area contributed by atoms with Gasteiger partial charge in [0.05, 0.1) is 24.9 Å². The molecule has 1 saturated heterocycles. The number of hydrogen-bond donors (Lipinski definition) is 1. The number of fused-ring (bicyclic) bond motifs is 2. The van der Waals surface area contributed by atoms with Gasteiger partial charge in [0, 0.05) is 41.4 Å². The van der Waals surface area contributed by atoms with Gasteiger partial charge >= 0.3 is 5.97 Å². The van der Waals surface area contributed by atoms with E-state index in [2.05, 4.69) is 63.4 Å². The van der Waals surface area contributed by atoms with Crippen molar-refractivity contribution in [3.05, 3.63) is 98.2 Å². The molecule has 0 spiro atoms. The lowest BCUT2D eigenvalue weighted by Gasteiger charge is -2.45. The first-order valence-corrected chi connectivity index (χ1v) is 17.3. The number of methoxy groups -OCH3 is 1. The zero-order valence-corrected chi connectivity index (χ0v) is 28.8. The first-order valence-electron chi connectivity index (χ1n) is 16.1. The molecular weight excluding hydrogens is 652 g/mol. The van der Waals surface area contributed by atoms with Gasteiger partial charge in [0.2, 0.25) is 5.91 Å². The van der Waals surface area contributed by atoms with Crippen molar-refractivity contribution in [2.24, 2.45) is 0 Å². The second-order valence-electron chi connectivity index (χ2n) is 12.3. The smallest absolute Gasteiger partial charge is 0.322 e. The highest BCUT2D eigenvalue weighted by Gasteiger charge is 2.38. The Morgan fingerprint density at radius 1 is 1.11 bits per heavy atom. The van der Waals surface area contributed by atoms with E-state index in [1.807, 2.05) is 42.3 Å². The minimum Gasteiger partial charge on any atom is -0.468 e. The Bertz CT molecular complexity index is 1420. The standard InChI is InChI=1S/C36H44BrClN4O3/c1-4-5-11-30-23-41(34-31-16-15-29(38)21-26(31)13-14-27-20-28(37)22-39-33(27)34)18-19-42(30)35(43)24(2)40-32(36(44)45-3)17-12-25-9-7-6-8-10-25/h6-10,15-16,20-22,24,30,32,34,40H,4-5,11-14,17-19,23H2,1-3H3. The van der Waals surface area contributed by atoms with Gasteiger partial charge in [0.1, 0.15) is 6.04 Å². The van der Waals surface area contributed by atoms with Gasteiger partial charge in [-0.15, -0.1) is 0 Å². The van der Waals surface area contributed by atoms with E-state index >= 15 is 0 Å². The van der Waals surface area contributed by atoms with Crippen LogP contribution >= 0.6 is 27.5 Å². The number of aromatic nitrogens is 1. The lowest BCUT2D eigenvalue weighted by atomic mass is 9.94. The van der Waals surface area contributed by atoms with Crippen molar-refractivity contribution >= 4 is 39.4 Å². The maximum absolute atomic E-state index is 14.1. The lowest BCUT2D eigenvalue weighted by Crippen LogP contribution is -2.60. The van der Waals surface area contributed by atoms with Crippen LogP contribution in [0.3, 0.4) is 0 Å². The van der Waals surface area contributed by atoms with Crippen molar-refractivity contribution < 1.29 is 14.3 Å². The molecule has 45 heavy (non-hydrogen) atoms. The monoisotopic (exact) mass is 694 g/mol. The number of aryl methyl sites for hydroxylation is 3. The molecule has 4 unspecified atom stereocenters.